The zero-order chi connectivity index (χ0) is 19.4. The second-order valence-corrected chi connectivity index (χ2v) is 7.38. The maximum atomic E-state index is 12.6. The van der Waals surface area contributed by atoms with Crippen LogP contribution in [-0.2, 0) is 24.4 Å². The zero-order valence-corrected chi connectivity index (χ0v) is 16.6. The molecule has 0 aliphatic rings. The number of carbonyl (C=O) groups excluding carboxylic acids is 1. The lowest BCUT2D eigenvalue weighted by molar-refractivity contribution is 0.0931. The van der Waals surface area contributed by atoms with Gasteiger partial charge < -0.3 is 15.0 Å². The first kappa shape index (κ1) is 20.0. The summed E-state index contributed by atoms with van der Waals surface area (Å²) in [6.45, 7) is 3.05. The Bertz CT molecular complexity index is 810. The predicted molar refractivity (Wildman–Crippen MR) is 112 cm³/mol. The molecular formula is C22H25N3O2S. The highest BCUT2D eigenvalue weighted by Crippen LogP contribution is 2.10. The molecule has 6 heteroatoms. The van der Waals surface area contributed by atoms with Crippen molar-refractivity contribution < 1.29 is 9.53 Å². The van der Waals surface area contributed by atoms with Crippen LogP contribution in [-0.4, -0.2) is 29.1 Å². The average Bonchev–Trinajstić information content (AvgIpc) is 3.26. The van der Waals surface area contributed by atoms with E-state index in [0.29, 0.717) is 13.1 Å². The molecule has 0 saturated carbocycles. The molecule has 0 atom stereocenters. The van der Waals surface area contributed by atoms with Gasteiger partial charge in [0.2, 0.25) is 0 Å². The fraction of sp³-hybridized carbons (Fsp3) is 0.273. The maximum Gasteiger partial charge on any atom is 0.410 e. The monoisotopic (exact) mass is 395 g/mol. The predicted octanol–water partition coefficient (Wildman–Crippen LogP) is 4.46. The summed E-state index contributed by atoms with van der Waals surface area (Å²) in [5.74, 6) is 0. The summed E-state index contributed by atoms with van der Waals surface area (Å²) in [4.78, 5) is 18.5. The van der Waals surface area contributed by atoms with Crippen molar-refractivity contribution in [1.82, 2.24) is 15.2 Å². The van der Waals surface area contributed by atoms with Gasteiger partial charge in [-0.15, -0.1) is 11.3 Å². The SMILES string of the molecule is O=C(OCc1nccs1)N(CCCNCc1ccccc1)Cc1ccccc1. The number of aromatic nitrogens is 1. The van der Waals surface area contributed by atoms with E-state index in [1.807, 2.05) is 53.9 Å². The number of nitrogens with zero attached hydrogens (tertiary/aromatic N) is 2. The first-order chi connectivity index (χ1) is 13.8. The van der Waals surface area contributed by atoms with Crippen LogP contribution in [0.15, 0.2) is 72.2 Å². The number of carbonyl (C=O) groups is 1. The van der Waals surface area contributed by atoms with E-state index in [9.17, 15) is 4.79 Å². The van der Waals surface area contributed by atoms with Crippen LogP contribution in [0.2, 0.25) is 0 Å². The number of hydrogen-bond donors (Lipinski definition) is 1. The average molecular weight is 396 g/mol. The number of ether oxygens (including phenoxy) is 1. The fourth-order valence-electron chi connectivity index (χ4n) is 2.80. The molecule has 3 rings (SSSR count). The van der Waals surface area contributed by atoms with E-state index in [0.717, 1.165) is 30.1 Å². The van der Waals surface area contributed by atoms with Gasteiger partial charge in [-0.2, -0.15) is 0 Å². The highest BCUT2D eigenvalue weighted by molar-refractivity contribution is 7.09. The standard InChI is InChI=1S/C22H25N3O2S/c26-22(27-18-21-24-13-15-28-21)25(17-20-10-5-2-6-11-20)14-7-12-23-16-19-8-3-1-4-9-19/h1-6,8-11,13,15,23H,7,12,14,16-18H2. The topological polar surface area (TPSA) is 54.5 Å². The molecule has 3 aromatic rings. The smallest absolute Gasteiger partial charge is 0.410 e. The van der Waals surface area contributed by atoms with Gasteiger partial charge in [0.15, 0.2) is 0 Å². The third-order valence-corrected chi connectivity index (χ3v) is 4.98. The molecule has 0 radical (unpaired) electrons. The van der Waals surface area contributed by atoms with E-state index in [2.05, 4.69) is 22.4 Å². The van der Waals surface area contributed by atoms with E-state index in [1.165, 1.54) is 16.9 Å². The van der Waals surface area contributed by atoms with Crippen LogP contribution in [0.4, 0.5) is 4.79 Å². The van der Waals surface area contributed by atoms with Crippen molar-refractivity contribution in [3.8, 4) is 0 Å². The molecule has 0 fully saturated rings. The lowest BCUT2D eigenvalue weighted by atomic mass is 10.2. The summed E-state index contributed by atoms with van der Waals surface area (Å²) >= 11 is 1.49. The van der Waals surface area contributed by atoms with Gasteiger partial charge in [0.1, 0.15) is 11.6 Å². The Hall–Kier alpha value is -2.70. The minimum Gasteiger partial charge on any atom is -0.442 e. The van der Waals surface area contributed by atoms with E-state index in [1.54, 1.807) is 11.1 Å². The number of benzene rings is 2. The Morgan fingerprint density at radius 2 is 1.75 bits per heavy atom. The number of nitrogens with one attached hydrogen (secondary N) is 1. The van der Waals surface area contributed by atoms with Crippen LogP contribution in [0, 0.1) is 0 Å². The van der Waals surface area contributed by atoms with Crippen LogP contribution < -0.4 is 5.32 Å². The van der Waals surface area contributed by atoms with Crippen molar-refractivity contribution in [2.45, 2.75) is 26.1 Å². The van der Waals surface area contributed by atoms with Gasteiger partial charge in [-0.1, -0.05) is 60.7 Å². The molecule has 0 bridgehead atoms. The van der Waals surface area contributed by atoms with Crippen LogP contribution in [0.1, 0.15) is 22.6 Å². The van der Waals surface area contributed by atoms with E-state index in [-0.39, 0.29) is 12.7 Å². The number of rotatable bonds is 10. The molecule has 1 aromatic heterocycles. The molecule has 2 aromatic carbocycles. The summed E-state index contributed by atoms with van der Waals surface area (Å²) in [6, 6.07) is 20.3. The van der Waals surface area contributed by atoms with Crippen LogP contribution in [0.3, 0.4) is 0 Å². The molecule has 0 aliphatic heterocycles. The van der Waals surface area contributed by atoms with Crippen molar-refractivity contribution in [2.75, 3.05) is 13.1 Å². The molecule has 0 aliphatic carbocycles. The first-order valence-corrected chi connectivity index (χ1v) is 10.3. The normalized spacial score (nSPS) is 10.6. The van der Waals surface area contributed by atoms with Gasteiger partial charge in [0.05, 0.1) is 0 Å². The van der Waals surface area contributed by atoms with Crippen molar-refractivity contribution >= 4 is 17.4 Å². The minimum absolute atomic E-state index is 0.216. The molecule has 146 valence electrons. The van der Waals surface area contributed by atoms with E-state index < -0.39 is 0 Å². The summed E-state index contributed by atoms with van der Waals surface area (Å²) in [5, 5.41) is 6.11. The van der Waals surface area contributed by atoms with Gasteiger partial charge in [0, 0.05) is 31.2 Å². The Kier molecular flexibility index (Phi) is 8.03. The first-order valence-electron chi connectivity index (χ1n) is 9.40. The third kappa shape index (κ3) is 6.79. The lowest BCUT2D eigenvalue weighted by Gasteiger charge is -2.22. The van der Waals surface area contributed by atoms with Gasteiger partial charge in [0.25, 0.3) is 0 Å². The molecular weight excluding hydrogens is 370 g/mol. The maximum absolute atomic E-state index is 12.6. The Balaban J connectivity index is 1.47. The van der Waals surface area contributed by atoms with Gasteiger partial charge in [-0.05, 0) is 24.1 Å². The van der Waals surface area contributed by atoms with Crippen LogP contribution in [0.5, 0.6) is 0 Å². The van der Waals surface area contributed by atoms with Crippen LogP contribution in [0.25, 0.3) is 0 Å². The quantitative estimate of drug-likeness (QED) is 0.515. The molecule has 0 unspecified atom stereocenters. The van der Waals surface area contributed by atoms with Gasteiger partial charge in [-0.3, -0.25) is 0 Å². The Morgan fingerprint density at radius 1 is 1.04 bits per heavy atom. The Morgan fingerprint density at radius 3 is 2.43 bits per heavy atom. The molecule has 0 spiro atoms. The lowest BCUT2D eigenvalue weighted by Crippen LogP contribution is -2.33. The highest BCUT2D eigenvalue weighted by Gasteiger charge is 2.16. The number of amides is 1. The second-order valence-electron chi connectivity index (χ2n) is 6.40. The minimum atomic E-state index is -0.304. The highest BCUT2D eigenvalue weighted by atomic mass is 32.1. The molecule has 5 nitrogen and oxygen atoms in total. The summed E-state index contributed by atoms with van der Waals surface area (Å²) in [7, 11) is 0. The van der Waals surface area contributed by atoms with E-state index in [4.69, 9.17) is 4.74 Å². The van der Waals surface area contributed by atoms with Crippen LogP contribution >= 0.6 is 11.3 Å². The third-order valence-electron chi connectivity index (χ3n) is 4.23. The fourth-order valence-corrected chi connectivity index (χ4v) is 3.33. The molecule has 28 heavy (non-hydrogen) atoms. The Labute approximate surface area is 170 Å². The van der Waals surface area contributed by atoms with Crippen molar-refractivity contribution in [3.05, 3.63) is 88.4 Å². The second kappa shape index (κ2) is 11.2. The largest absolute Gasteiger partial charge is 0.442 e. The molecule has 0 saturated heterocycles. The van der Waals surface area contributed by atoms with Gasteiger partial charge >= 0.3 is 6.09 Å². The number of thiazole rings is 1. The van der Waals surface area contributed by atoms with E-state index >= 15 is 0 Å². The summed E-state index contributed by atoms with van der Waals surface area (Å²) in [6.07, 6.45) is 2.27. The molecule has 1 heterocycles. The summed E-state index contributed by atoms with van der Waals surface area (Å²) in [5.41, 5.74) is 2.34. The summed E-state index contributed by atoms with van der Waals surface area (Å²) < 4.78 is 5.46. The van der Waals surface area contributed by atoms with Crippen molar-refractivity contribution in [1.29, 1.82) is 0 Å². The zero-order valence-electron chi connectivity index (χ0n) is 15.8. The van der Waals surface area contributed by atoms with Gasteiger partial charge in [-0.25, -0.2) is 9.78 Å². The molecule has 1 amide bonds. The van der Waals surface area contributed by atoms with Crippen molar-refractivity contribution in [2.24, 2.45) is 0 Å². The number of hydrogen-bond acceptors (Lipinski definition) is 5. The molecule has 1 N–H and O–H groups in total. The van der Waals surface area contributed by atoms with Crippen molar-refractivity contribution in [3.63, 3.8) is 0 Å².